The third-order valence-corrected chi connectivity index (χ3v) is 6.74. The van der Waals surface area contributed by atoms with Crippen molar-refractivity contribution in [2.24, 2.45) is 23.7 Å². The maximum atomic E-state index is 2.81. The van der Waals surface area contributed by atoms with Crippen LogP contribution in [-0.4, -0.2) is 48.6 Å². The first-order chi connectivity index (χ1) is 10.3. The molecule has 5 atom stereocenters. The fourth-order valence-corrected chi connectivity index (χ4v) is 5.48. The summed E-state index contributed by atoms with van der Waals surface area (Å²) >= 11 is 0. The van der Waals surface area contributed by atoms with Crippen LogP contribution in [0.4, 0.5) is 0 Å². The lowest BCUT2D eigenvalue weighted by Crippen LogP contribution is -2.52. The number of fused-ring (bicyclic) bond motifs is 2. The topological polar surface area (TPSA) is 6.48 Å². The van der Waals surface area contributed by atoms with Gasteiger partial charge in [0.05, 0.1) is 0 Å². The molecule has 118 valence electrons. The molecule has 0 aromatic rings. The number of allylic oxidation sites excluding steroid dienone is 2. The number of hydrogen-bond donors (Lipinski definition) is 0. The lowest BCUT2D eigenvalue weighted by molar-refractivity contribution is 0.0601. The van der Waals surface area contributed by atoms with Gasteiger partial charge in [-0.25, -0.2) is 0 Å². The van der Waals surface area contributed by atoms with Crippen LogP contribution in [0.1, 0.15) is 45.4 Å². The molecular weight excluding hydrogens is 256 g/mol. The van der Waals surface area contributed by atoms with Gasteiger partial charge in [0.2, 0.25) is 0 Å². The molecule has 0 unspecified atom stereocenters. The van der Waals surface area contributed by atoms with Crippen molar-refractivity contribution in [1.29, 1.82) is 0 Å². The second kappa shape index (κ2) is 6.04. The van der Waals surface area contributed by atoms with Crippen molar-refractivity contribution < 1.29 is 0 Å². The molecule has 2 saturated carbocycles. The molecule has 2 heteroatoms. The summed E-state index contributed by atoms with van der Waals surface area (Å²) in [7, 11) is 0. The van der Waals surface area contributed by atoms with Gasteiger partial charge in [-0.15, -0.1) is 0 Å². The van der Waals surface area contributed by atoms with Crippen LogP contribution in [0.3, 0.4) is 0 Å². The quantitative estimate of drug-likeness (QED) is 0.735. The summed E-state index contributed by atoms with van der Waals surface area (Å²) in [4.78, 5) is 5.58. The standard InChI is InChI=1S/C19H32N2/c1-15-3-2-4-19(11-15)21-9-7-20(8-10-21)14-18-13-16-5-6-17(18)12-16/h5-6,15-19H,2-4,7-14H2,1H3/t15-,16+,17+,18+,19+/m1/s1. The van der Waals surface area contributed by atoms with E-state index in [0.717, 1.165) is 29.7 Å². The SMILES string of the molecule is C[C@@H]1CCC[C@H](N2CCN(C[C@@H]3C[C@H]4C=C[C@H]3C4)CC2)C1. The minimum atomic E-state index is 0.904. The Morgan fingerprint density at radius 1 is 0.952 bits per heavy atom. The predicted molar refractivity (Wildman–Crippen MR) is 88.3 cm³/mol. The van der Waals surface area contributed by atoms with Gasteiger partial charge in [0, 0.05) is 38.8 Å². The van der Waals surface area contributed by atoms with Crippen molar-refractivity contribution in [3.63, 3.8) is 0 Å². The molecule has 4 aliphatic rings. The second-order valence-electron chi connectivity index (χ2n) is 8.30. The lowest BCUT2D eigenvalue weighted by Gasteiger charge is -2.42. The van der Waals surface area contributed by atoms with Gasteiger partial charge in [-0.1, -0.05) is 31.9 Å². The van der Waals surface area contributed by atoms with Crippen LogP contribution in [0, 0.1) is 23.7 Å². The van der Waals surface area contributed by atoms with Gasteiger partial charge in [0.25, 0.3) is 0 Å². The molecule has 0 amide bonds. The smallest absolute Gasteiger partial charge is 0.0113 e. The highest BCUT2D eigenvalue weighted by Gasteiger charge is 2.37. The van der Waals surface area contributed by atoms with Crippen molar-refractivity contribution in [1.82, 2.24) is 9.80 Å². The highest BCUT2D eigenvalue weighted by atomic mass is 15.3. The van der Waals surface area contributed by atoms with Gasteiger partial charge in [-0.05, 0) is 49.4 Å². The summed E-state index contributed by atoms with van der Waals surface area (Å²) in [5.41, 5.74) is 0. The van der Waals surface area contributed by atoms with E-state index in [1.54, 1.807) is 0 Å². The first kappa shape index (κ1) is 14.3. The van der Waals surface area contributed by atoms with E-state index in [0.29, 0.717) is 0 Å². The van der Waals surface area contributed by atoms with Gasteiger partial charge in [-0.2, -0.15) is 0 Å². The number of piperazine rings is 1. The Balaban J connectivity index is 1.24. The largest absolute Gasteiger partial charge is 0.300 e. The van der Waals surface area contributed by atoms with Gasteiger partial charge in [-0.3, -0.25) is 4.90 Å². The Hall–Kier alpha value is -0.340. The normalized spacial score (nSPS) is 44.5. The Bertz CT molecular complexity index is 383. The zero-order valence-electron chi connectivity index (χ0n) is 13.7. The summed E-state index contributed by atoms with van der Waals surface area (Å²) in [5.74, 6) is 3.79. The molecule has 4 rings (SSSR count). The van der Waals surface area contributed by atoms with E-state index >= 15 is 0 Å². The Labute approximate surface area is 130 Å². The number of nitrogens with zero attached hydrogens (tertiary/aromatic N) is 2. The average Bonchev–Trinajstić information content (AvgIpc) is 3.11. The second-order valence-corrected chi connectivity index (χ2v) is 8.30. The highest BCUT2D eigenvalue weighted by Crippen LogP contribution is 2.43. The molecular formula is C19H32N2. The predicted octanol–water partition coefficient (Wildman–Crippen LogP) is 3.39. The molecule has 1 aliphatic heterocycles. The zero-order chi connectivity index (χ0) is 14.2. The molecule has 3 aliphatic carbocycles. The van der Waals surface area contributed by atoms with Crippen LogP contribution in [0.5, 0.6) is 0 Å². The highest BCUT2D eigenvalue weighted by molar-refractivity contribution is 5.10. The van der Waals surface area contributed by atoms with E-state index < -0.39 is 0 Å². The third kappa shape index (κ3) is 3.07. The molecule has 1 heterocycles. The monoisotopic (exact) mass is 288 g/mol. The van der Waals surface area contributed by atoms with Crippen LogP contribution < -0.4 is 0 Å². The Morgan fingerprint density at radius 3 is 2.48 bits per heavy atom. The number of rotatable bonds is 3. The van der Waals surface area contributed by atoms with Gasteiger partial charge in [0.1, 0.15) is 0 Å². The van der Waals surface area contributed by atoms with Crippen LogP contribution >= 0.6 is 0 Å². The van der Waals surface area contributed by atoms with Crippen molar-refractivity contribution in [3.8, 4) is 0 Å². The van der Waals surface area contributed by atoms with Crippen LogP contribution in [0.25, 0.3) is 0 Å². The maximum Gasteiger partial charge on any atom is 0.0113 e. The Morgan fingerprint density at radius 2 is 1.81 bits per heavy atom. The van der Waals surface area contributed by atoms with Gasteiger partial charge >= 0.3 is 0 Å². The molecule has 0 radical (unpaired) electrons. The fourth-order valence-electron chi connectivity index (χ4n) is 5.48. The van der Waals surface area contributed by atoms with Crippen molar-refractivity contribution in [2.75, 3.05) is 32.7 Å². The van der Waals surface area contributed by atoms with E-state index in [1.807, 2.05) is 0 Å². The maximum absolute atomic E-state index is 2.81. The van der Waals surface area contributed by atoms with E-state index in [4.69, 9.17) is 0 Å². The molecule has 2 nitrogen and oxygen atoms in total. The molecule has 0 aromatic heterocycles. The molecule has 21 heavy (non-hydrogen) atoms. The molecule has 0 N–H and O–H groups in total. The van der Waals surface area contributed by atoms with E-state index in [-0.39, 0.29) is 0 Å². The van der Waals surface area contributed by atoms with Crippen molar-refractivity contribution in [2.45, 2.75) is 51.5 Å². The zero-order valence-corrected chi connectivity index (χ0v) is 13.7. The van der Waals surface area contributed by atoms with Crippen molar-refractivity contribution in [3.05, 3.63) is 12.2 Å². The summed E-state index contributed by atoms with van der Waals surface area (Å²) in [6.07, 6.45) is 13.8. The average molecular weight is 288 g/mol. The molecule has 0 spiro atoms. The third-order valence-electron chi connectivity index (χ3n) is 6.74. The Kier molecular flexibility index (Phi) is 4.10. The minimum Gasteiger partial charge on any atom is -0.300 e. The van der Waals surface area contributed by atoms with Crippen LogP contribution in [0.15, 0.2) is 12.2 Å². The summed E-state index contributed by atoms with van der Waals surface area (Å²) < 4.78 is 0. The van der Waals surface area contributed by atoms with Crippen LogP contribution in [0.2, 0.25) is 0 Å². The van der Waals surface area contributed by atoms with E-state index in [1.165, 1.54) is 71.2 Å². The molecule has 0 aromatic carbocycles. The molecule has 1 saturated heterocycles. The van der Waals surface area contributed by atoms with Crippen molar-refractivity contribution >= 4 is 0 Å². The van der Waals surface area contributed by atoms with Gasteiger partial charge in [0.15, 0.2) is 0 Å². The first-order valence-electron chi connectivity index (χ1n) is 9.42. The summed E-state index contributed by atoms with van der Waals surface area (Å²) in [6, 6.07) is 0.904. The van der Waals surface area contributed by atoms with E-state index in [9.17, 15) is 0 Å². The summed E-state index contributed by atoms with van der Waals surface area (Å²) in [5, 5.41) is 0. The minimum absolute atomic E-state index is 0.904. The van der Waals surface area contributed by atoms with Gasteiger partial charge < -0.3 is 4.90 Å². The molecule has 2 bridgehead atoms. The molecule has 3 fully saturated rings. The summed E-state index contributed by atoms with van der Waals surface area (Å²) in [6.45, 7) is 9.12. The fraction of sp³-hybridized carbons (Fsp3) is 0.895. The van der Waals surface area contributed by atoms with Crippen LogP contribution in [-0.2, 0) is 0 Å². The van der Waals surface area contributed by atoms with E-state index in [2.05, 4.69) is 28.9 Å². The lowest BCUT2D eigenvalue weighted by atomic mass is 9.86. The number of hydrogen-bond acceptors (Lipinski definition) is 2. The first-order valence-corrected chi connectivity index (χ1v) is 9.42.